The van der Waals surface area contributed by atoms with Crippen LogP contribution in [0.4, 0.5) is 0 Å². The monoisotopic (exact) mass is 386 g/mol. The van der Waals surface area contributed by atoms with Gasteiger partial charge in [0.15, 0.2) is 0 Å². The third kappa shape index (κ3) is 3.47. The van der Waals surface area contributed by atoms with Gasteiger partial charge in [-0.3, -0.25) is 4.79 Å². The first kappa shape index (κ1) is 18.7. The minimum atomic E-state index is -0.348. The van der Waals surface area contributed by atoms with E-state index >= 15 is 0 Å². The quantitative estimate of drug-likeness (QED) is 0.460. The van der Waals surface area contributed by atoms with Crippen LogP contribution in [0.25, 0.3) is 0 Å². The summed E-state index contributed by atoms with van der Waals surface area (Å²) in [5.41, 5.74) is 5.61. The van der Waals surface area contributed by atoms with Gasteiger partial charge in [-0.1, -0.05) is 60.7 Å². The van der Waals surface area contributed by atoms with E-state index in [1.165, 1.54) is 18.3 Å². The highest BCUT2D eigenvalue weighted by Gasteiger charge is 2.60. The van der Waals surface area contributed by atoms with E-state index in [9.17, 15) is 15.0 Å². The number of carbonyl (C=O) groups excluding carboxylic acids is 1. The fourth-order valence-electron chi connectivity index (χ4n) is 4.02. The van der Waals surface area contributed by atoms with E-state index in [4.69, 9.17) is 0 Å². The fourth-order valence-corrected chi connectivity index (χ4v) is 4.02. The van der Waals surface area contributed by atoms with Crippen LogP contribution in [-0.4, -0.2) is 22.3 Å². The number of benzene rings is 3. The standard InChI is InChI=1S/C24H22N2O3/c1-16-12-19(27)13-22(28)20(16)15-25-26-23(29)21-14-24(21,17-8-4-2-5-9-17)18-10-6-3-7-11-18/h2-13,15,21,27-28H,14H2,1H3,(H,26,29)/b25-15-/t21-/m0/s1. The number of nitrogens with one attached hydrogen (secondary N) is 1. The normalized spacial score (nSPS) is 17.2. The van der Waals surface area contributed by atoms with Crippen LogP contribution >= 0.6 is 0 Å². The van der Waals surface area contributed by atoms with Gasteiger partial charge in [-0.2, -0.15) is 5.10 Å². The Morgan fingerprint density at radius 3 is 2.17 bits per heavy atom. The molecule has 1 amide bonds. The average molecular weight is 386 g/mol. The summed E-state index contributed by atoms with van der Waals surface area (Å²) in [6.07, 6.45) is 2.11. The number of phenolic OH excluding ortho intramolecular Hbond substituents is 2. The Kier molecular flexibility index (Phi) is 4.80. The van der Waals surface area contributed by atoms with E-state index in [0.29, 0.717) is 17.5 Å². The molecule has 1 aliphatic rings. The number of aryl methyl sites for hydroxylation is 1. The van der Waals surface area contributed by atoms with Crippen molar-refractivity contribution < 1.29 is 15.0 Å². The number of hydrazone groups is 1. The van der Waals surface area contributed by atoms with Crippen LogP contribution in [0.15, 0.2) is 77.9 Å². The molecule has 5 heteroatoms. The zero-order chi connectivity index (χ0) is 20.4. The minimum absolute atomic E-state index is 0.0188. The maximum atomic E-state index is 12.9. The molecule has 1 atom stereocenters. The molecule has 0 saturated heterocycles. The summed E-state index contributed by atoms with van der Waals surface area (Å²) in [4.78, 5) is 12.9. The van der Waals surface area contributed by atoms with Gasteiger partial charge in [-0.25, -0.2) is 5.43 Å². The Morgan fingerprint density at radius 1 is 1.03 bits per heavy atom. The second-order valence-electron chi connectivity index (χ2n) is 7.39. The van der Waals surface area contributed by atoms with E-state index in [2.05, 4.69) is 34.8 Å². The topological polar surface area (TPSA) is 81.9 Å². The van der Waals surface area contributed by atoms with E-state index in [1.54, 1.807) is 6.92 Å². The molecule has 1 saturated carbocycles. The van der Waals surface area contributed by atoms with Crippen LogP contribution in [0.1, 0.15) is 28.7 Å². The molecule has 3 aromatic carbocycles. The lowest BCUT2D eigenvalue weighted by atomic mass is 9.85. The molecular formula is C24H22N2O3. The molecule has 1 aliphatic carbocycles. The van der Waals surface area contributed by atoms with Gasteiger partial charge in [0.05, 0.1) is 12.1 Å². The van der Waals surface area contributed by atoms with Crippen LogP contribution in [0.3, 0.4) is 0 Å². The first-order valence-corrected chi connectivity index (χ1v) is 9.49. The number of aromatic hydroxyl groups is 2. The summed E-state index contributed by atoms with van der Waals surface area (Å²) < 4.78 is 0. The molecule has 3 aromatic rings. The van der Waals surface area contributed by atoms with Gasteiger partial charge in [0, 0.05) is 17.0 Å². The van der Waals surface area contributed by atoms with Gasteiger partial charge in [-0.15, -0.1) is 0 Å². The molecule has 1 fully saturated rings. The van der Waals surface area contributed by atoms with Crippen molar-refractivity contribution in [2.24, 2.45) is 11.0 Å². The molecule has 5 nitrogen and oxygen atoms in total. The van der Waals surface area contributed by atoms with E-state index in [0.717, 1.165) is 11.1 Å². The largest absolute Gasteiger partial charge is 0.508 e. The zero-order valence-corrected chi connectivity index (χ0v) is 16.0. The summed E-state index contributed by atoms with van der Waals surface area (Å²) in [5.74, 6) is -0.492. The van der Waals surface area contributed by atoms with Crippen molar-refractivity contribution in [1.29, 1.82) is 0 Å². The van der Waals surface area contributed by atoms with Gasteiger partial charge in [0.25, 0.3) is 0 Å². The van der Waals surface area contributed by atoms with Gasteiger partial charge >= 0.3 is 0 Å². The van der Waals surface area contributed by atoms with Crippen molar-refractivity contribution in [3.8, 4) is 11.5 Å². The molecule has 0 unspecified atom stereocenters. The fraction of sp³-hybridized carbons (Fsp3) is 0.167. The summed E-state index contributed by atoms with van der Waals surface area (Å²) in [7, 11) is 0. The maximum Gasteiger partial charge on any atom is 0.244 e. The molecule has 146 valence electrons. The third-order valence-corrected chi connectivity index (χ3v) is 5.57. The van der Waals surface area contributed by atoms with Crippen LogP contribution in [0.5, 0.6) is 11.5 Å². The number of amides is 1. The highest BCUT2D eigenvalue weighted by molar-refractivity contribution is 5.89. The zero-order valence-electron chi connectivity index (χ0n) is 16.0. The summed E-state index contributed by atoms with van der Waals surface area (Å²) in [5, 5.41) is 23.5. The van der Waals surface area contributed by atoms with Gasteiger partial charge in [0.1, 0.15) is 11.5 Å². The second kappa shape index (κ2) is 7.43. The van der Waals surface area contributed by atoms with Crippen molar-refractivity contribution in [2.75, 3.05) is 0 Å². The predicted octanol–water partition coefficient (Wildman–Crippen LogP) is 3.86. The predicted molar refractivity (Wildman–Crippen MR) is 112 cm³/mol. The number of rotatable bonds is 5. The van der Waals surface area contributed by atoms with Crippen LogP contribution in [0, 0.1) is 12.8 Å². The van der Waals surface area contributed by atoms with E-state index < -0.39 is 0 Å². The second-order valence-corrected chi connectivity index (χ2v) is 7.39. The smallest absolute Gasteiger partial charge is 0.244 e. The van der Waals surface area contributed by atoms with Gasteiger partial charge in [0.2, 0.25) is 5.91 Å². The molecule has 0 heterocycles. The Hall–Kier alpha value is -3.60. The Labute approximate surface area is 169 Å². The molecule has 0 radical (unpaired) electrons. The van der Waals surface area contributed by atoms with Crippen molar-refractivity contribution in [3.05, 3.63) is 95.1 Å². The molecular weight excluding hydrogens is 364 g/mol. The molecule has 29 heavy (non-hydrogen) atoms. The van der Waals surface area contributed by atoms with Crippen LogP contribution < -0.4 is 5.43 Å². The lowest BCUT2D eigenvalue weighted by Crippen LogP contribution is -2.25. The maximum absolute atomic E-state index is 12.9. The Balaban J connectivity index is 1.55. The van der Waals surface area contributed by atoms with Gasteiger partial charge in [-0.05, 0) is 36.1 Å². The minimum Gasteiger partial charge on any atom is -0.508 e. The van der Waals surface area contributed by atoms with Crippen LogP contribution in [-0.2, 0) is 10.2 Å². The number of hydrogen-bond donors (Lipinski definition) is 3. The Morgan fingerprint density at radius 2 is 1.62 bits per heavy atom. The average Bonchev–Trinajstić information content (AvgIpc) is 3.48. The lowest BCUT2D eigenvalue weighted by molar-refractivity contribution is -0.122. The summed E-state index contributed by atoms with van der Waals surface area (Å²) >= 11 is 0. The lowest BCUT2D eigenvalue weighted by Gasteiger charge is -2.18. The first-order valence-electron chi connectivity index (χ1n) is 9.49. The van der Waals surface area contributed by atoms with Crippen molar-refractivity contribution in [3.63, 3.8) is 0 Å². The highest BCUT2D eigenvalue weighted by atomic mass is 16.3. The van der Waals surface area contributed by atoms with Crippen molar-refractivity contribution >= 4 is 12.1 Å². The summed E-state index contributed by atoms with van der Waals surface area (Å²) in [6.45, 7) is 1.75. The molecule has 4 rings (SSSR count). The molecule has 3 N–H and O–H groups in total. The first-order chi connectivity index (χ1) is 14.0. The Bertz CT molecular complexity index is 999. The SMILES string of the molecule is Cc1cc(O)cc(O)c1/C=N\NC(=O)[C@@H]1CC1(c1ccccc1)c1ccccc1. The van der Waals surface area contributed by atoms with Crippen molar-refractivity contribution in [2.45, 2.75) is 18.8 Å². The van der Waals surface area contributed by atoms with E-state index in [-0.39, 0.29) is 28.7 Å². The number of carbonyl (C=O) groups is 1. The molecule has 0 bridgehead atoms. The molecule has 0 aromatic heterocycles. The highest BCUT2D eigenvalue weighted by Crippen LogP contribution is 2.58. The number of hydrogen-bond acceptors (Lipinski definition) is 4. The molecule has 0 spiro atoms. The molecule has 0 aliphatic heterocycles. The number of phenols is 2. The van der Waals surface area contributed by atoms with E-state index in [1.807, 2.05) is 36.4 Å². The number of nitrogens with zero attached hydrogens (tertiary/aromatic N) is 1. The van der Waals surface area contributed by atoms with Crippen molar-refractivity contribution in [1.82, 2.24) is 5.43 Å². The van der Waals surface area contributed by atoms with Crippen LogP contribution in [0.2, 0.25) is 0 Å². The summed E-state index contributed by atoms with van der Waals surface area (Å²) in [6, 6.07) is 22.9. The third-order valence-electron chi connectivity index (χ3n) is 5.57. The van der Waals surface area contributed by atoms with Gasteiger partial charge < -0.3 is 10.2 Å².